The molecule has 3 rings (SSSR count). The summed E-state index contributed by atoms with van der Waals surface area (Å²) in [5, 5.41) is 13.6. The lowest BCUT2D eigenvalue weighted by atomic mass is 10.1. The van der Waals surface area contributed by atoms with Crippen molar-refractivity contribution in [1.29, 1.82) is 0 Å². The van der Waals surface area contributed by atoms with Crippen molar-refractivity contribution < 1.29 is 14.1 Å². The molecular weight excluding hydrogens is 349 g/mol. The maximum Gasteiger partial charge on any atom is 0.269 e. The number of hydrogen-bond donors (Lipinski definition) is 1. The molecule has 0 bridgehead atoms. The Morgan fingerprint density at radius 3 is 2.70 bits per heavy atom. The molecule has 0 spiro atoms. The third-order valence-corrected chi connectivity index (χ3v) is 4.66. The Balaban J connectivity index is 1.56. The number of non-ortho nitro benzene ring substituents is 1. The van der Waals surface area contributed by atoms with Gasteiger partial charge in [-0.1, -0.05) is 12.1 Å². The van der Waals surface area contributed by atoms with E-state index in [0.29, 0.717) is 36.8 Å². The lowest BCUT2D eigenvalue weighted by Gasteiger charge is -2.22. The first-order chi connectivity index (χ1) is 12.9. The van der Waals surface area contributed by atoms with E-state index in [9.17, 15) is 19.3 Å². The van der Waals surface area contributed by atoms with Crippen molar-refractivity contribution in [2.24, 2.45) is 0 Å². The predicted octanol–water partition coefficient (Wildman–Crippen LogP) is 4.04. The number of carbonyl (C=O) groups is 1. The Morgan fingerprint density at radius 2 is 2.07 bits per heavy atom. The van der Waals surface area contributed by atoms with E-state index >= 15 is 0 Å². The van der Waals surface area contributed by atoms with Gasteiger partial charge in [0, 0.05) is 43.4 Å². The zero-order valence-electron chi connectivity index (χ0n) is 15.2. The highest BCUT2D eigenvalue weighted by Crippen LogP contribution is 2.28. The zero-order chi connectivity index (χ0) is 19.4. The van der Waals surface area contributed by atoms with Crippen molar-refractivity contribution in [2.45, 2.75) is 38.8 Å². The van der Waals surface area contributed by atoms with E-state index in [1.807, 2.05) is 6.07 Å². The first-order valence-corrected chi connectivity index (χ1v) is 8.96. The quantitative estimate of drug-likeness (QED) is 0.561. The molecule has 0 aliphatic heterocycles. The summed E-state index contributed by atoms with van der Waals surface area (Å²) in [6, 6.07) is 11.3. The molecule has 1 saturated carbocycles. The van der Waals surface area contributed by atoms with E-state index in [0.717, 1.165) is 18.4 Å². The number of nitro groups is 1. The van der Waals surface area contributed by atoms with E-state index in [1.54, 1.807) is 19.1 Å². The maximum absolute atomic E-state index is 13.4. The summed E-state index contributed by atoms with van der Waals surface area (Å²) < 4.78 is 13.4. The molecule has 0 radical (unpaired) electrons. The second-order valence-electron chi connectivity index (χ2n) is 6.89. The van der Waals surface area contributed by atoms with Crippen molar-refractivity contribution in [3.8, 4) is 0 Å². The predicted molar refractivity (Wildman–Crippen MR) is 101 cm³/mol. The molecule has 1 aliphatic carbocycles. The average Bonchev–Trinajstić information content (AvgIpc) is 3.45. The van der Waals surface area contributed by atoms with Gasteiger partial charge in [0.05, 0.1) is 4.92 Å². The van der Waals surface area contributed by atoms with Crippen molar-refractivity contribution in [1.82, 2.24) is 4.90 Å². The molecule has 6 nitrogen and oxygen atoms in total. The Hall–Kier alpha value is -2.80. The van der Waals surface area contributed by atoms with Crippen molar-refractivity contribution in [3.05, 3.63) is 69.5 Å². The normalized spacial score (nSPS) is 13.6. The van der Waals surface area contributed by atoms with Gasteiger partial charge in [0.1, 0.15) is 5.82 Å². The van der Waals surface area contributed by atoms with Gasteiger partial charge in [-0.15, -0.1) is 0 Å². The van der Waals surface area contributed by atoms with E-state index in [1.165, 1.54) is 24.3 Å². The molecule has 2 aromatic carbocycles. The number of aryl methyl sites for hydroxylation is 1. The van der Waals surface area contributed by atoms with E-state index < -0.39 is 4.92 Å². The van der Waals surface area contributed by atoms with Crippen LogP contribution in [0.5, 0.6) is 0 Å². The fourth-order valence-electron chi connectivity index (χ4n) is 3.06. The van der Waals surface area contributed by atoms with E-state index in [4.69, 9.17) is 0 Å². The number of rotatable bonds is 8. The Bertz CT molecular complexity index is 852. The number of halogens is 1. The van der Waals surface area contributed by atoms with Crippen LogP contribution in [0.15, 0.2) is 42.5 Å². The molecule has 1 aliphatic rings. The second-order valence-corrected chi connectivity index (χ2v) is 6.89. The monoisotopic (exact) mass is 371 g/mol. The molecule has 0 aromatic heterocycles. The van der Waals surface area contributed by atoms with Crippen molar-refractivity contribution >= 4 is 17.3 Å². The van der Waals surface area contributed by atoms with Crippen LogP contribution in [-0.4, -0.2) is 28.3 Å². The fraction of sp³-hybridized carbons (Fsp3) is 0.350. The molecule has 142 valence electrons. The molecule has 0 saturated heterocycles. The molecule has 0 unspecified atom stereocenters. The summed E-state index contributed by atoms with van der Waals surface area (Å²) in [5.41, 5.74) is 2.12. The van der Waals surface area contributed by atoms with Gasteiger partial charge in [-0.05, 0) is 49.1 Å². The summed E-state index contributed by atoms with van der Waals surface area (Å²) >= 11 is 0. The van der Waals surface area contributed by atoms with Crippen molar-refractivity contribution in [2.75, 3.05) is 11.9 Å². The molecule has 1 amide bonds. The third-order valence-electron chi connectivity index (χ3n) is 4.66. The highest BCUT2D eigenvalue weighted by atomic mass is 19.1. The van der Waals surface area contributed by atoms with Crippen LogP contribution in [0.25, 0.3) is 0 Å². The number of carbonyl (C=O) groups excluding carboxylic acids is 1. The Kier molecular flexibility index (Phi) is 5.81. The number of nitrogens with zero attached hydrogens (tertiary/aromatic N) is 2. The van der Waals surface area contributed by atoms with Gasteiger partial charge in [0.15, 0.2) is 0 Å². The van der Waals surface area contributed by atoms with Gasteiger partial charge >= 0.3 is 0 Å². The molecule has 1 N–H and O–H groups in total. The number of anilines is 1. The molecule has 0 heterocycles. The Labute approximate surface area is 157 Å². The van der Waals surface area contributed by atoms with E-state index in [2.05, 4.69) is 10.2 Å². The van der Waals surface area contributed by atoms with Crippen LogP contribution >= 0.6 is 0 Å². The van der Waals surface area contributed by atoms with Crippen LogP contribution in [-0.2, 0) is 11.3 Å². The zero-order valence-corrected chi connectivity index (χ0v) is 15.2. The molecule has 7 heteroatoms. The minimum atomic E-state index is -0.460. The van der Waals surface area contributed by atoms with Crippen LogP contribution < -0.4 is 5.32 Å². The van der Waals surface area contributed by atoms with Crippen LogP contribution in [0.3, 0.4) is 0 Å². The average molecular weight is 371 g/mol. The largest absolute Gasteiger partial charge is 0.326 e. The van der Waals surface area contributed by atoms with Gasteiger partial charge in [-0.3, -0.25) is 19.8 Å². The summed E-state index contributed by atoms with van der Waals surface area (Å²) in [4.78, 5) is 24.8. The van der Waals surface area contributed by atoms with Crippen LogP contribution in [0.2, 0.25) is 0 Å². The smallest absolute Gasteiger partial charge is 0.269 e. The number of nitrogens with one attached hydrogen (secondary N) is 1. The summed E-state index contributed by atoms with van der Waals surface area (Å²) in [6.45, 7) is 2.92. The maximum atomic E-state index is 13.4. The third kappa shape index (κ3) is 5.34. The molecular formula is C20H22FN3O3. The number of amides is 1. The molecule has 27 heavy (non-hydrogen) atoms. The van der Waals surface area contributed by atoms with Gasteiger partial charge in [0.25, 0.3) is 5.69 Å². The first kappa shape index (κ1) is 19.0. The van der Waals surface area contributed by atoms with Crippen LogP contribution in [0.4, 0.5) is 15.8 Å². The summed E-state index contributed by atoms with van der Waals surface area (Å²) in [6.07, 6.45) is 2.50. The molecule has 0 atom stereocenters. The van der Waals surface area contributed by atoms with Crippen LogP contribution in [0, 0.1) is 22.9 Å². The lowest BCUT2D eigenvalue weighted by Crippen LogP contribution is -2.29. The van der Waals surface area contributed by atoms with Crippen molar-refractivity contribution in [3.63, 3.8) is 0 Å². The number of benzene rings is 2. The number of hydrogen-bond acceptors (Lipinski definition) is 4. The lowest BCUT2D eigenvalue weighted by molar-refractivity contribution is -0.384. The summed E-state index contributed by atoms with van der Waals surface area (Å²) in [7, 11) is 0. The Morgan fingerprint density at radius 1 is 1.30 bits per heavy atom. The highest BCUT2D eigenvalue weighted by molar-refractivity contribution is 5.91. The van der Waals surface area contributed by atoms with E-state index in [-0.39, 0.29) is 17.4 Å². The second kappa shape index (κ2) is 8.26. The SMILES string of the molecule is Cc1cc([N+](=O)[O-])ccc1NC(=O)CCN(Cc1cccc(F)c1)C1CC1. The van der Waals surface area contributed by atoms with Gasteiger partial charge in [0.2, 0.25) is 5.91 Å². The standard InChI is InChI=1S/C20H22FN3O3/c1-14-11-18(24(26)27)7-8-19(14)22-20(25)9-10-23(17-5-6-17)13-15-3-2-4-16(21)12-15/h2-4,7-8,11-12,17H,5-6,9-10,13H2,1H3,(H,22,25). The minimum Gasteiger partial charge on any atom is -0.326 e. The van der Waals surface area contributed by atoms with Gasteiger partial charge in [-0.25, -0.2) is 4.39 Å². The minimum absolute atomic E-state index is 0.000464. The fourth-order valence-corrected chi connectivity index (χ4v) is 3.06. The topological polar surface area (TPSA) is 75.5 Å². The van der Waals surface area contributed by atoms with Crippen LogP contribution in [0.1, 0.15) is 30.4 Å². The molecule has 2 aromatic rings. The highest BCUT2D eigenvalue weighted by Gasteiger charge is 2.29. The molecule has 1 fully saturated rings. The van der Waals surface area contributed by atoms with Gasteiger partial charge in [-0.2, -0.15) is 0 Å². The summed E-state index contributed by atoms with van der Waals surface area (Å²) in [5.74, 6) is -0.397. The first-order valence-electron chi connectivity index (χ1n) is 8.96. The van der Waals surface area contributed by atoms with Gasteiger partial charge < -0.3 is 5.32 Å². The number of nitro benzene ring substituents is 1.